The second kappa shape index (κ2) is 14.9. The molecule has 1 unspecified atom stereocenters. The van der Waals surface area contributed by atoms with Crippen LogP contribution in [0.3, 0.4) is 0 Å². The number of carbonyl (C=O) groups is 2. The van der Waals surface area contributed by atoms with Crippen molar-refractivity contribution in [2.45, 2.75) is 51.0 Å². The van der Waals surface area contributed by atoms with Crippen molar-refractivity contribution in [2.75, 3.05) is 44.7 Å². The van der Waals surface area contributed by atoms with Crippen LogP contribution in [0.2, 0.25) is 10.0 Å². The topological polar surface area (TPSA) is 43.9 Å². The lowest BCUT2D eigenvalue weighted by molar-refractivity contribution is -0.136. The molecule has 1 atom stereocenters. The van der Waals surface area contributed by atoms with Crippen molar-refractivity contribution in [3.8, 4) is 0 Å². The van der Waals surface area contributed by atoms with Crippen LogP contribution < -0.4 is 4.90 Å². The average Bonchev–Trinajstić information content (AvgIpc) is 3.03. The molecule has 0 radical (unpaired) electrons. The van der Waals surface area contributed by atoms with Crippen LogP contribution in [0.15, 0.2) is 72.8 Å². The molecule has 0 saturated carbocycles. The minimum atomic E-state index is -0.234. The molecule has 5 nitrogen and oxygen atoms in total. The van der Waals surface area contributed by atoms with Gasteiger partial charge >= 0.3 is 0 Å². The molecular weight excluding hydrogens is 601 g/mol. The zero-order valence-electron chi connectivity index (χ0n) is 25.1. The van der Waals surface area contributed by atoms with Crippen LogP contribution in [0.4, 0.5) is 5.69 Å². The Labute approximate surface area is 272 Å². The number of hydrogen-bond donors (Lipinski definition) is 0. The molecule has 2 saturated heterocycles. The quantitative estimate of drug-likeness (QED) is 0.221. The van der Waals surface area contributed by atoms with E-state index in [1.54, 1.807) is 13.0 Å². The maximum Gasteiger partial charge on any atom is 0.219 e. The van der Waals surface area contributed by atoms with E-state index in [0.29, 0.717) is 27.1 Å². The number of nitrogens with zero attached hydrogens (tertiary/aromatic N) is 3. The Balaban J connectivity index is 0.00000423. The fourth-order valence-electron chi connectivity index (χ4n) is 6.89. The molecule has 3 aromatic carbocycles. The number of anilines is 1. The first-order valence-electron chi connectivity index (χ1n) is 15.1. The molecule has 0 N–H and O–H groups in total. The van der Waals surface area contributed by atoms with Gasteiger partial charge in [-0.25, -0.2) is 0 Å². The van der Waals surface area contributed by atoms with E-state index in [9.17, 15) is 9.59 Å². The van der Waals surface area contributed by atoms with Crippen LogP contribution >= 0.6 is 35.6 Å². The number of ketones is 1. The molecule has 3 aromatic rings. The summed E-state index contributed by atoms with van der Waals surface area (Å²) in [6, 6.07) is 23.6. The summed E-state index contributed by atoms with van der Waals surface area (Å²) in [5.41, 5.74) is 3.00. The van der Waals surface area contributed by atoms with Crippen LogP contribution in [0.1, 0.15) is 66.9 Å². The Morgan fingerprint density at radius 2 is 1.58 bits per heavy atom. The largest absolute Gasteiger partial charge is 0.371 e. The van der Waals surface area contributed by atoms with Crippen molar-refractivity contribution >= 4 is 53.0 Å². The Morgan fingerprint density at radius 3 is 2.23 bits per heavy atom. The van der Waals surface area contributed by atoms with E-state index < -0.39 is 0 Å². The number of hydrogen-bond acceptors (Lipinski definition) is 4. The highest BCUT2D eigenvalue weighted by molar-refractivity contribution is 6.45. The van der Waals surface area contributed by atoms with Gasteiger partial charge < -0.3 is 14.7 Å². The second-order valence-corrected chi connectivity index (χ2v) is 12.6. The van der Waals surface area contributed by atoms with Crippen molar-refractivity contribution < 1.29 is 9.59 Å². The standard InChI is InChI=1S/C35H41Cl2N3O2.ClH/c1-26(41)38(2)35(29-15-7-4-8-16-29)19-23-39(24-20-35)21-9-11-27-12-10-22-40(25-27)31-18-17-30(36)33(37)32(31)34(42)28-13-5-3-6-14-28;/h3-8,13-18,27H,9-12,19-25H2,1-2H3;1H. The van der Waals surface area contributed by atoms with Crippen molar-refractivity contribution in [3.05, 3.63) is 99.5 Å². The predicted octanol–water partition coefficient (Wildman–Crippen LogP) is 8.11. The van der Waals surface area contributed by atoms with E-state index in [0.717, 1.165) is 70.5 Å². The van der Waals surface area contributed by atoms with Gasteiger partial charge in [-0.15, -0.1) is 12.4 Å². The highest BCUT2D eigenvalue weighted by Gasteiger charge is 2.40. The summed E-state index contributed by atoms with van der Waals surface area (Å²) in [7, 11) is 1.95. The Hall–Kier alpha value is -2.57. The van der Waals surface area contributed by atoms with Crippen molar-refractivity contribution in [1.82, 2.24) is 9.80 Å². The first-order valence-corrected chi connectivity index (χ1v) is 15.9. The number of benzene rings is 3. The van der Waals surface area contributed by atoms with Crippen LogP contribution in [0.25, 0.3) is 0 Å². The SMILES string of the molecule is CC(=O)N(C)C1(c2ccccc2)CCN(CCCC2CCCN(c3ccc(Cl)c(Cl)c3C(=O)c3ccccc3)C2)CC1.Cl. The summed E-state index contributed by atoms with van der Waals surface area (Å²) in [6.45, 7) is 6.52. The van der Waals surface area contributed by atoms with E-state index in [1.807, 2.05) is 54.4 Å². The summed E-state index contributed by atoms with van der Waals surface area (Å²) in [4.78, 5) is 32.8. The van der Waals surface area contributed by atoms with Gasteiger partial charge in [0.2, 0.25) is 5.91 Å². The van der Waals surface area contributed by atoms with Crippen LogP contribution in [-0.4, -0.2) is 61.3 Å². The fourth-order valence-corrected chi connectivity index (χ4v) is 7.29. The molecule has 43 heavy (non-hydrogen) atoms. The van der Waals surface area contributed by atoms with Gasteiger partial charge in [-0.05, 0) is 68.7 Å². The van der Waals surface area contributed by atoms with Crippen molar-refractivity contribution in [3.63, 3.8) is 0 Å². The summed E-state index contributed by atoms with van der Waals surface area (Å²) >= 11 is 13.0. The Bertz CT molecular complexity index is 1380. The third-order valence-corrected chi connectivity index (χ3v) is 10.2. The van der Waals surface area contributed by atoms with Gasteiger partial charge in [-0.2, -0.15) is 0 Å². The highest BCUT2D eigenvalue weighted by atomic mass is 35.5. The third-order valence-electron chi connectivity index (χ3n) is 9.39. The lowest BCUT2D eigenvalue weighted by atomic mass is 9.79. The smallest absolute Gasteiger partial charge is 0.219 e. The summed E-state index contributed by atoms with van der Waals surface area (Å²) in [5, 5.41) is 0.734. The van der Waals surface area contributed by atoms with Crippen molar-refractivity contribution in [1.29, 1.82) is 0 Å². The molecule has 1 amide bonds. The Kier molecular flexibility index (Phi) is 11.6. The van der Waals surface area contributed by atoms with Gasteiger partial charge in [0.25, 0.3) is 0 Å². The van der Waals surface area contributed by atoms with Gasteiger partial charge in [-0.1, -0.05) is 83.9 Å². The molecule has 0 aliphatic carbocycles. The third kappa shape index (κ3) is 7.39. The van der Waals surface area contributed by atoms with Crippen LogP contribution in [0, 0.1) is 5.92 Å². The van der Waals surface area contributed by atoms with Crippen LogP contribution in [-0.2, 0) is 10.3 Å². The molecule has 2 heterocycles. The zero-order chi connectivity index (χ0) is 29.7. The monoisotopic (exact) mass is 641 g/mol. The molecule has 0 bridgehead atoms. The molecule has 2 aliphatic rings. The number of piperidine rings is 2. The molecule has 230 valence electrons. The van der Waals surface area contributed by atoms with Gasteiger partial charge in [0.15, 0.2) is 5.78 Å². The first kappa shape index (κ1) is 33.3. The van der Waals surface area contributed by atoms with E-state index in [2.05, 4.69) is 34.1 Å². The lowest BCUT2D eigenvalue weighted by Gasteiger charge is -2.47. The Morgan fingerprint density at radius 1 is 0.930 bits per heavy atom. The molecule has 2 aliphatic heterocycles. The average molecular weight is 643 g/mol. The van der Waals surface area contributed by atoms with Gasteiger partial charge in [0.05, 0.1) is 21.1 Å². The number of amides is 1. The molecule has 5 rings (SSSR count). The van der Waals surface area contributed by atoms with E-state index in [-0.39, 0.29) is 29.6 Å². The minimum absolute atomic E-state index is 0. The molecule has 2 fully saturated rings. The molecule has 8 heteroatoms. The minimum Gasteiger partial charge on any atom is -0.371 e. The lowest BCUT2D eigenvalue weighted by Crippen LogP contribution is -2.53. The van der Waals surface area contributed by atoms with Crippen LogP contribution in [0.5, 0.6) is 0 Å². The van der Waals surface area contributed by atoms with E-state index in [1.165, 1.54) is 12.0 Å². The number of rotatable bonds is 9. The second-order valence-electron chi connectivity index (χ2n) is 11.9. The van der Waals surface area contributed by atoms with Crippen molar-refractivity contribution in [2.24, 2.45) is 5.92 Å². The van der Waals surface area contributed by atoms with Gasteiger partial charge in [0, 0.05) is 51.4 Å². The zero-order valence-corrected chi connectivity index (χ0v) is 27.4. The fraction of sp³-hybridized carbons (Fsp3) is 0.429. The van der Waals surface area contributed by atoms with E-state index >= 15 is 0 Å². The number of likely N-dealkylation sites (tertiary alicyclic amines) is 1. The van der Waals surface area contributed by atoms with Gasteiger partial charge in [-0.3, -0.25) is 9.59 Å². The summed E-state index contributed by atoms with van der Waals surface area (Å²) in [6.07, 6.45) is 6.45. The number of carbonyl (C=O) groups excluding carboxylic acids is 2. The van der Waals surface area contributed by atoms with E-state index in [4.69, 9.17) is 23.2 Å². The molecule has 0 aromatic heterocycles. The molecular formula is C35H42Cl3N3O2. The van der Waals surface area contributed by atoms with Gasteiger partial charge in [0.1, 0.15) is 0 Å². The highest BCUT2D eigenvalue weighted by Crippen LogP contribution is 2.39. The molecule has 0 spiro atoms. The normalized spacial score (nSPS) is 18.5. The number of halogens is 3. The first-order chi connectivity index (χ1) is 20.3. The maximum atomic E-state index is 13.5. The summed E-state index contributed by atoms with van der Waals surface area (Å²) < 4.78 is 0. The maximum absolute atomic E-state index is 13.5. The summed E-state index contributed by atoms with van der Waals surface area (Å²) in [5.74, 6) is 0.585. The predicted molar refractivity (Wildman–Crippen MR) is 180 cm³/mol.